The van der Waals surface area contributed by atoms with Gasteiger partial charge in [-0.2, -0.15) is 0 Å². The van der Waals surface area contributed by atoms with Crippen LogP contribution in [-0.2, 0) is 24.4 Å². The van der Waals surface area contributed by atoms with E-state index < -0.39 is 0 Å². The summed E-state index contributed by atoms with van der Waals surface area (Å²) in [7, 11) is 0. The van der Waals surface area contributed by atoms with Crippen molar-refractivity contribution in [3.8, 4) is 0 Å². The topological polar surface area (TPSA) is 21.3 Å². The van der Waals surface area contributed by atoms with Crippen LogP contribution >= 0.6 is 15.9 Å². The molecule has 0 atom stereocenters. The first kappa shape index (κ1) is 15.2. The zero-order chi connectivity index (χ0) is 14.2. The van der Waals surface area contributed by atoms with Crippen LogP contribution in [0.2, 0.25) is 0 Å². The first-order valence-electron chi connectivity index (χ1n) is 6.89. The summed E-state index contributed by atoms with van der Waals surface area (Å²) in [5, 5.41) is 3.48. The quantitative estimate of drug-likeness (QED) is 0.816. The van der Waals surface area contributed by atoms with Gasteiger partial charge in [-0.25, -0.2) is 0 Å². The molecule has 1 N–H and O–H groups in total. The van der Waals surface area contributed by atoms with E-state index in [0.717, 1.165) is 24.2 Å². The molecular formula is C17H20BrNO. The number of rotatable bonds is 7. The highest BCUT2D eigenvalue weighted by Crippen LogP contribution is 2.12. The number of halogens is 1. The third-order valence-corrected chi connectivity index (χ3v) is 3.67. The average Bonchev–Trinajstić information content (AvgIpc) is 2.48. The molecule has 0 aliphatic heterocycles. The summed E-state index contributed by atoms with van der Waals surface area (Å²) in [6, 6.07) is 16.8. The molecule has 0 amide bonds. The smallest absolute Gasteiger partial charge is 0.0719 e. The number of nitrogens with one attached hydrogen (secondary N) is 1. The molecule has 2 nitrogen and oxygen atoms in total. The summed E-state index contributed by atoms with van der Waals surface area (Å²) < 4.78 is 6.62. The van der Waals surface area contributed by atoms with Gasteiger partial charge in [0, 0.05) is 24.2 Å². The van der Waals surface area contributed by atoms with Gasteiger partial charge in [0.25, 0.3) is 0 Å². The van der Waals surface area contributed by atoms with Crippen molar-refractivity contribution in [1.82, 2.24) is 5.32 Å². The largest absolute Gasteiger partial charge is 0.377 e. The van der Waals surface area contributed by atoms with E-state index in [1.165, 1.54) is 16.7 Å². The van der Waals surface area contributed by atoms with Crippen LogP contribution in [-0.4, -0.2) is 6.61 Å². The minimum atomic E-state index is 0.687. The normalized spacial score (nSPS) is 10.7. The fraction of sp³-hybridized carbons (Fsp3) is 0.294. The molecule has 0 saturated carbocycles. The van der Waals surface area contributed by atoms with E-state index in [4.69, 9.17) is 4.74 Å². The Balaban J connectivity index is 1.88. The minimum absolute atomic E-state index is 0.687. The van der Waals surface area contributed by atoms with Gasteiger partial charge in [0.15, 0.2) is 0 Å². The maximum Gasteiger partial charge on any atom is 0.0719 e. The average molecular weight is 334 g/mol. The van der Waals surface area contributed by atoms with Gasteiger partial charge in [0.05, 0.1) is 6.61 Å². The highest BCUT2D eigenvalue weighted by atomic mass is 79.9. The Bertz CT molecular complexity index is 525. The van der Waals surface area contributed by atoms with Crippen LogP contribution in [0, 0.1) is 0 Å². The second-order valence-corrected chi connectivity index (χ2v) is 5.55. The summed E-state index contributed by atoms with van der Waals surface area (Å²) in [4.78, 5) is 0. The fourth-order valence-corrected chi connectivity index (χ4v) is 2.29. The van der Waals surface area contributed by atoms with Gasteiger partial charge < -0.3 is 10.1 Å². The van der Waals surface area contributed by atoms with Crippen LogP contribution in [0.15, 0.2) is 53.0 Å². The Morgan fingerprint density at radius 2 is 1.65 bits per heavy atom. The number of ether oxygens (including phenoxy) is 1. The van der Waals surface area contributed by atoms with Crippen LogP contribution in [0.3, 0.4) is 0 Å². The van der Waals surface area contributed by atoms with Gasteiger partial charge in [0.2, 0.25) is 0 Å². The van der Waals surface area contributed by atoms with Gasteiger partial charge in [-0.3, -0.25) is 0 Å². The first-order valence-corrected chi connectivity index (χ1v) is 7.68. The molecule has 0 aliphatic rings. The maximum atomic E-state index is 5.51. The summed E-state index contributed by atoms with van der Waals surface area (Å²) >= 11 is 3.45. The molecule has 0 radical (unpaired) electrons. The maximum absolute atomic E-state index is 5.51. The van der Waals surface area contributed by atoms with E-state index in [1.807, 2.05) is 6.92 Å². The highest BCUT2D eigenvalue weighted by molar-refractivity contribution is 9.10. The molecule has 0 aliphatic carbocycles. The monoisotopic (exact) mass is 333 g/mol. The molecule has 3 heteroatoms. The SMILES string of the molecule is CCOCc1ccccc1CNCc1ccc(Br)cc1. The zero-order valence-corrected chi connectivity index (χ0v) is 13.3. The van der Waals surface area contributed by atoms with Gasteiger partial charge >= 0.3 is 0 Å². The van der Waals surface area contributed by atoms with E-state index in [0.29, 0.717) is 6.61 Å². The van der Waals surface area contributed by atoms with Gasteiger partial charge in [-0.15, -0.1) is 0 Å². The fourth-order valence-electron chi connectivity index (χ4n) is 2.03. The van der Waals surface area contributed by atoms with Crippen molar-refractivity contribution in [2.75, 3.05) is 6.61 Å². The Kier molecular flexibility index (Phi) is 6.25. The lowest BCUT2D eigenvalue weighted by Gasteiger charge is -2.11. The molecule has 0 bridgehead atoms. The van der Waals surface area contributed by atoms with Crippen LogP contribution < -0.4 is 5.32 Å². The Morgan fingerprint density at radius 3 is 2.35 bits per heavy atom. The van der Waals surface area contributed by atoms with E-state index in [-0.39, 0.29) is 0 Å². The van der Waals surface area contributed by atoms with Gasteiger partial charge in [-0.1, -0.05) is 52.3 Å². The molecule has 106 valence electrons. The molecule has 20 heavy (non-hydrogen) atoms. The van der Waals surface area contributed by atoms with Crippen molar-refractivity contribution in [3.63, 3.8) is 0 Å². The lowest BCUT2D eigenvalue weighted by atomic mass is 10.1. The predicted molar refractivity (Wildman–Crippen MR) is 86.5 cm³/mol. The third-order valence-electron chi connectivity index (χ3n) is 3.14. The van der Waals surface area contributed by atoms with E-state index in [2.05, 4.69) is 69.8 Å². The molecule has 0 spiro atoms. The van der Waals surface area contributed by atoms with Gasteiger partial charge in [0.1, 0.15) is 0 Å². The molecule has 0 aromatic heterocycles. The predicted octanol–water partition coefficient (Wildman–Crippen LogP) is 4.28. The lowest BCUT2D eigenvalue weighted by molar-refractivity contribution is 0.133. The highest BCUT2D eigenvalue weighted by Gasteiger charge is 2.01. The van der Waals surface area contributed by atoms with Crippen LogP contribution in [0.4, 0.5) is 0 Å². The second kappa shape index (κ2) is 8.20. The van der Waals surface area contributed by atoms with Crippen molar-refractivity contribution in [2.24, 2.45) is 0 Å². The number of hydrogen-bond donors (Lipinski definition) is 1. The third kappa shape index (κ3) is 4.75. The molecular weight excluding hydrogens is 314 g/mol. The summed E-state index contributed by atoms with van der Waals surface area (Å²) in [6.45, 7) is 5.19. The zero-order valence-electron chi connectivity index (χ0n) is 11.7. The summed E-state index contributed by atoms with van der Waals surface area (Å²) in [5.74, 6) is 0. The standard InChI is InChI=1S/C17H20BrNO/c1-2-20-13-16-6-4-3-5-15(16)12-19-11-14-7-9-17(18)10-8-14/h3-10,19H,2,11-13H2,1H3. The Hall–Kier alpha value is -1.16. The molecule has 2 aromatic rings. The second-order valence-electron chi connectivity index (χ2n) is 4.64. The lowest BCUT2D eigenvalue weighted by Crippen LogP contribution is -2.14. The van der Waals surface area contributed by atoms with E-state index >= 15 is 0 Å². The molecule has 0 saturated heterocycles. The van der Waals surface area contributed by atoms with Crippen molar-refractivity contribution >= 4 is 15.9 Å². The van der Waals surface area contributed by atoms with Crippen molar-refractivity contribution in [1.29, 1.82) is 0 Å². The summed E-state index contributed by atoms with van der Waals surface area (Å²) in [5.41, 5.74) is 3.85. The van der Waals surface area contributed by atoms with E-state index in [1.54, 1.807) is 0 Å². The van der Waals surface area contributed by atoms with Crippen LogP contribution in [0.5, 0.6) is 0 Å². The number of benzene rings is 2. The molecule has 2 rings (SSSR count). The van der Waals surface area contributed by atoms with Crippen molar-refractivity contribution in [2.45, 2.75) is 26.6 Å². The Morgan fingerprint density at radius 1 is 0.950 bits per heavy atom. The Labute approximate surface area is 129 Å². The van der Waals surface area contributed by atoms with Crippen LogP contribution in [0.25, 0.3) is 0 Å². The first-order chi connectivity index (χ1) is 9.79. The molecule has 0 fully saturated rings. The van der Waals surface area contributed by atoms with Crippen molar-refractivity contribution in [3.05, 3.63) is 69.7 Å². The molecule has 2 aromatic carbocycles. The van der Waals surface area contributed by atoms with E-state index in [9.17, 15) is 0 Å². The van der Waals surface area contributed by atoms with Crippen LogP contribution in [0.1, 0.15) is 23.6 Å². The number of hydrogen-bond acceptors (Lipinski definition) is 2. The molecule has 0 heterocycles. The summed E-state index contributed by atoms with van der Waals surface area (Å²) in [6.07, 6.45) is 0. The van der Waals surface area contributed by atoms with Crippen molar-refractivity contribution < 1.29 is 4.74 Å². The molecule has 0 unspecified atom stereocenters. The minimum Gasteiger partial charge on any atom is -0.377 e. The van der Waals surface area contributed by atoms with Gasteiger partial charge in [-0.05, 0) is 35.7 Å².